The third kappa shape index (κ3) is 9.52. The first-order valence-corrected chi connectivity index (χ1v) is 15.0. The molecule has 2 heterocycles. The lowest BCUT2D eigenvalue weighted by atomic mass is 10.1. The van der Waals surface area contributed by atoms with E-state index in [4.69, 9.17) is 4.74 Å². The van der Waals surface area contributed by atoms with Gasteiger partial charge in [0, 0.05) is 30.1 Å². The molecule has 38 heavy (non-hydrogen) atoms. The van der Waals surface area contributed by atoms with Crippen LogP contribution in [0.25, 0.3) is 11.4 Å². The fourth-order valence-electron chi connectivity index (χ4n) is 5.08. The summed E-state index contributed by atoms with van der Waals surface area (Å²) < 4.78 is 5.53. The van der Waals surface area contributed by atoms with Crippen molar-refractivity contribution in [2.75, 3.05) is 13.2 Å². The predicted molar refractivity (Wildman–Crippen MR) is 153 cm³/mol. The molecule has 0 bridgehead atoms. The Bertz CT molecular complexity index is 959. The van der Waals surface area contributed by atoms with Gasteiger partial charge in [-0.05, 0) is 49.8 Å². The van der Waals surface area contributed by atoms with Crippen LogP contribution in [0.4, 0.5) is 0 Å². The van der Waals surface area contributed by atoms with Gasteiger partial charge in [0.15, 0.2) is 5.82 Å². The molecule has 1 amide bonds. The molecule has 0 radical (unpaired) electrons. The topological polar surface area (TPSA) is 72.4 Å². The van der Waals surface area contributed by atoms with E-state index in [1.807, 2.05) is 36.7 Å². The number of aryl methyl sites for hydroxylation is 1. The summed E-state index contributed by atoms with van der Waals surface area (Å²) in [6.07, 6.45) is 20.9. The van der Waals surface area contributed by atoms with Crippen molar-refractivity contribution in [1.29, 1.82) is 0 Å². The Morgan fingerprint density at radius 1 is 0.842 bits per heavy atom. The van der Waals surface area contributed by atoms with Crippen LogP contribution in [0.1, 0.15) is 120 Å². The molecule has 2 aromatic rings. The number of carbonyl (C=O) groups is 2. The quantitative estimate of drug-likeness (QED) is 0.159. The summed E-state index contributed by atoms with van der Waals surface area (Å²) >= 11 is 0. The number of likely N-dealkylation sites (tertiary alicyclic amines) is 1. The Hall–Kier alpha value is -2.76. The van der Waals surface area contributed by atoms with Crippen LogP contribution in [0.15, 0.2) is 36.7 Å². The second kappa shape index (κ2) is 17.0. The number of hydrogen-bond donors (Lipinski definition) is 0. The highest BCUT2D eigenvalue weighted by molar-refractivity contribution is 5.97. The summed E-state index contributed by atoms with van der Waals surface area (Å²) in [7, 11) is 0. The largest absolute Gasteiger partial charge is 0.464 e. The molecular weight excluding hydrogens is 474 g/mol. The van der Waals surface area contributed by atoms with E-state index in [1.165, 1.54) is 69.8 Å². The summed E-state index contributed by atoms with van der Waals surface area (Å²) in [5, 5.41) is 0. The molecule has 0 spiro atoms. The van der Waals surface area contributed by atoms with Gasteiger partial charge in [-0.2, -0.15) is 0 Å². The molecule has 0 aliphatic carbocycles. The molecule has 6 nitrogen and oxygen atoms in total. The Balaban J connectivity index is 1.46. The van der Waals surface area contributed by atoms with Crippen LogP contribution in [0, 0.1) is 0 Å². The molecule has 0 unspecified atom stereocenters. The first-order chi connectivity index (χ1) is 18.6. The smallest absolute Gasteiger partial charge is 0.328 e. The first kappa shape index (κ1) is 29.8. The molecular formula is C32H47N3O3. The lowest BCUT2D eigenvalue weighted by molar-refractivity contribution is -0.148. The van der Waals surface area contributed by atoms with E-state index >= 15 is 0 Å². The number of hydrogen-bond acceptors (Lipinski definition) is 5. The normalized spacial score (nSPS) is 15.1. The third-order valence-electron chi connectivity index (χ3n) is 7.44. The van der Waals surface area contributed by atoms with Gasteiger partial charge < -0.3 is 9.64 Å². The minimum absolute atomic E-state index is 0.120. The van der Waals surface area contributed by atoms with Crippen LogP contribution >= 0.6 is 0 Å². The SMILES string of the molecule is CCCCCCCCOC(=O)[C@@H]1CCCN1C(=O)c1ccc(-c2ncc(CCCCCCCC)cn2)cc1. The number of rotatable bonds is 17. The van der Waals surface area contributed by atoms with E-state index < -0.39 is 6.04 Å². The van der Waals surface area contributed by atoms with E-state index in [-0.39, 0.29) is 11.9 Å². The standard InChI is InChI=1S/C32H47N3O3/c1-3-5-7-9-11-13-16-26-24-33-30(34-25-26)27-18-20-28(21-19-27)31(36)35-22-15-17-29(35)32(37)38-23-14-12-10-8-6-4-2/h18-21,24-25,29H,3-17,22-23H2,1-2H3/t29-/m0/s1. The van der Waals surface area contributed by atoms with Gasteiger partial charge >= 0.3 is 5.97 Å². The van der Waals surface area contributed by atoms with E-state index in [9.17, 15) is 9.59 Å². The number of nitrogens with zero attached hydrogens (tertiary/aromatic N) is 3. The minimum atomic E-state index is -0.482. The Morgan fingerprint density at radius 3 is 2.11 bits per heavy atom. The number of carbonyl (C=O) groups excluding carboxylic acids is 2. The fraction of sp³-hybridized carbons (Fsp3) is 0.625. The highest BCUT2D eigenvalue weighted by Crippen LogP contribution is 2.23. The van der Waals surface area contributed by atoms with Crippen molar-refractivity contribution >= 4 is 11.9 Å². The van der Waals surface area contributed by atoms with Crippen molar-refractivity contribution in [1.82, 2.24) is 14.9 Å². The van der Waals surface area contributed by atoms with Crippen LogP contribution in [0.3, 0.4) is 0 Å². The average Bonchev–Trinajstić information content (AvgIpc) is 3.45. The number of unbranched alkanes of at least 4 members (excludes halogenated alkanes) is 10. The molecule has 1 aliphatic heterocycles. The summed E-state index contributed by atoms with van der Waals surface area (Å²) in [4.78, 5) is 36.7. The van der Waals surface area contributed by atoms with Gasteiger partial charge in [-0.15, -0.1) is 0 Å². The molecule has 0 N–H and O–H groups in total. The fourth-order valence-corrected chi connectivity index (χ4v) is 5.08. The van der Waals surface area contributed by atoms with Crippen molar-refractivity contribution in [2.45, 2.75) is 116 Å². The van der Waals surface area contributed by atoms with Gasteiger partial charge in [-0.3, -0.25) is 4.79 Å². The van der Waals surface area contributed by atoms with Gasteiger partial charge in [-0.1, -0.05) is 90.2 Å². The number of benzene rings is 1. The third-order valence-corrected chi connectivity index (χ3v) is 7.44. The molecule has 1 aliphatic rings. The van der Waals surface area contributed by atoms with E-state index in [2.05, 4.69) is 23.8 Å². The molecule has 0 saturated carbocycles. The maximum atomic E-state index is 13.2. The van der Waals surface area contributed by atoms with E-state index in [0.717, 1.165) is 31.2 Å². The molecule has 208 valence electrons. The summed E-state index contributed by atoms with van der Waals surface area (Å²) in [5.41, 5.74) is 2.62. The lowest BCUT2D eigenvalue weighted by Gasteiger charge is -2.23. The van der Waals surface area contributed by atoms with E-state index in [0.29, 0.717) is 31.0 Å². The van der Waals surface area contributed by atoms with Crippen molar-refractivity contribution in [3.8, 4) is 11.4 Å². The number of aromatic nitrogens is 2. The number of ether oxygens (including phenoxy) is 1. The molecule has 1 aromatic carbocycles. The highest BCUT2D eigenvalue weighted by atomic mass is 16.5. The van der Waals surface area contributed by atoms with E-state index in [1.54, 1.807) is 4.90 Å². The van der Waals surface area contributed by atoms with Crippen molar-refractivity contribution < 1.29 is 14.3 Å². The van der Waals surface area contributed by atoms with Crippen LogP contribution in [-0.4, -0.2) is 45.9 Å². The molecule has 6 heteroatoms. The predicted octanol–water partition coefficient (Wildman–Crippen LogP) is 7.55. The summed E-state index contributed by atoms with van der Waals surface area (Å²) in [6.45, 7) is 5.47. The maximum Gasteiger partial charge on any atom is 0.328 e. The number of esters is 1. The monoisotopic (exact) mass is 521 g/mol. The Morgan fingerprint density at radius 2 is 1.45 bits per heavy atom. The Kier molecular flexibility index (Phi) is 13.3. The summed E-state index contributed by atoms with van der Waals surface area (Å²) in [6, 6.07) is 6.91. The minimum Gasteiger partial charge on any atom is -0.464 e. The van der Waals surface area contributed by atoms with Crippen LogP contribution < -0.4 is 0 Å². The van der Waals surface area contributed by atoms with Crippen LogP contribution in [0.5, 0.6) is 0 Å². The summed E-state index contributed by atoms with van der Waals surface area (Å²) in [5.74, 6) is 0.272. The van der Waals surface area contributed by atoms with Crippen LogP contribution in [0.2, 0.25) is 0 Å². The van der Waals surface area contributed by atoms with Gasteiger partial charge in [0.25, 0.3) is 5.91 Å². The van der Waals surface area contributed by atoms with Gasteiger partial charge in [0.05, 0.1) is 6.61 Å². The number of amides is 1. The van der Waals surface area contributed by atoms with Gasteiger partial charge in [0.2, 0.25) is 0 Å². The molecule has 1 saturated heterocycles. The molecule has 1 fully saturated rings. The van der Waals surface area contributed by atoms with Crippen molar-refractivity contribution in [3.05, 3.63) is 47.8 Å². The van der Waals surface area contributed by atoms with Crippen molar-refractivity contribution in [2.24, 2.45) is 0 Å². The second-order valence-electron chi connectivity index (χ2n) is 10.6. The Labute approximate surface area is 229 Å². The van der Waals surface area contributed by atoms with Gasteiger partial charge in [0.1, 0.15) is 6.04 Å². The lowest BCUT2D eigenvalue weighted by Crippen LogP contribution is -2.41. The average molecular weight is 522 g/mol. The zero-order valence-electron chi connectivity index (χ0n) is 23.6. The molecule has 1 aromatic heterocycles. The van der Waals surface area contributed by atoms with Gasteiger partial charge in [-0.25, -0.2) is 14.8 Å². The molecule has 1 atom stereocenters. The maximum absolute atomic E-state index is 13.2. The zero-order valence-corrected chi connectivity index (χ0v) is 23.6. The van der Waals surface area contributed by atoms with Crippen LogP contribution in [-0.2, 0) is 16.0 Å². The van der Waals surface area contributed by atoms with Crippen molar-refractivity contribution in [3.63, 3.8) is 0 Å². The molecule has 3 rings (SSSR count). The zero-order chi connectivity index (χ0) is 27.0. The second-order valence-corrected chi connectivity index (χ2v) is 10.6. The highest BCUT2D eigenvalue weighted by Gasteiger charge is 2.35. The first-order valence-electron chi connectivity index (χ1n) is 15.0.